The van der Waals surface area contributed by atoms with Gasteiger partial charge in [-0.1, -0.05) is 115 Å². The van der Waals surface area contributed by atoms with Gasteiger partial charge in [0.05, 0.1) is 51.4 Å². The highest BCUT2D eigenvalue weighted by Gasteiger charge is 2.59. The number of esters is 3. The Kier molecular flexibility index (Phi) is 55.6. The quantitative estimate of drug-likeness (QED) is 0.0286. The molecule has 0 amide bonds. The molecule has 4 unspecified atom stereocenters. The SMILES string of the molecule is C.C.C.C.C.C.C.C.C.C.CCC(C)(C)C(=O)O.CCC(C)(C)C(=O)OC12CC3CC(CC(O)(C3)C1)C2.CCC(C)(C)C(=O)OC1CCCCC1C(=O)O.CCC(C)(C)C(=O)OCCC(=O)O.CCC(C)(C)C(=O)ONCCC(=O)O. The summed E-state index contributed by atoms with van der Waals surface area (Å²) >= 11 is 0. The maximum absolute atomic E-state index is 12.4. The first-order valence-electron chi connectivity index (χ1n) is 25.6. The monoisotopic (exact) mass is 1180 g/mol. The average molecular weight is 1180 g/mol. The number of carbonyl (C=O) groups is 8. The van der Waals surface area contributed by atoms with Gasteiger partial charge in [0.25, 0.3) is 0 Å². The molecule has 0 aliphatic heterocycles. The molecule has 18 heteroatoms. The molecule has 5 rings (SSSR count). The number of nitrogens with one attached hydrogen (secondary N) is 1. The van der Waals surface area contributed by atoms with E-state index in [1.54, 1.807) is 41.5 Å². The molecule has 18 nitrogen and oxygen atoms in total. The first-order chi connectivity index (χ1) is 32.4. The van der Waals surface area contributed by atoms with Crippen LogP contribution in [0.1, 0.15) is 287 Å². The Morgan fingerprint density at radius 2 is 0.889 bits per heavy atom. The van der Waals surface area contributed by atoms with Gasteiger partial charge < -0.3 is 44.6 Å². The number of hydrogen-bond donors (Lipinski definition) is 6. The van der Waals surface area contributed by atoms with Crippen LogP contribution in [0.15, 0.2) is 0 Å². The van der Waals surface area contributed by atoms with E-state index in [2.05, 4.69) is 5.48 Å². The molecule has 0 aromatic carbocycles. The van der Waals surface area contributed by atoms with Crippen molar-refractivity contribution in [2.24, 2.45) is 44.8 Å². The Morgan fingerprint density at radius 1 is 0.506 bits per heavy atom. The fourth-order valence-corrected chi connectivity index (χ4v) is 7.97. The van der Waals surface area contributed by atoms with Gasteiger partial charge in [-0.05, 0) is 165 Å². The van der Waals surface area contributed by atoms with Gasteiger partial charge in [0.1, 0.15) is 18.3 Å². The van der Waals surface area contributed by atoms with Crippen LogP contribution >= 0.6 is 0 Å². The summed E-state index contributed by atoms with van der Waals surface area (Å²) in [6.45, 7) is 27.8. The van der Waals surface area contributed by atoms with Crippen LogP contribution in [-0.4, -0.2) is 104 Å². The van der Waals surface area contributed by atoms with Gasteiger partial charge in [-0.15, -0.1) is 0 Å². The van der Waals surface area contributed by atoms with E-state index in [9.17, 15) is 43.5 Å². The van der Waals surface area contributed by atoms with Gasteiger partial charge >= 0.3 is 47.8 Å². The van der Waals surface area contributed by atoms with E-state index < -0.39 is 68.6 Å². The Labute approximate surface area is 497 Å². The maximum atomic E-state index is 12.4. The topological polar surface area (TPSA) is 287 Å². The summed E-state index contributed by atoms with van der Waals surface area (Å²) in [6, 6.07) is 0. The third-order valence-corrected chi connectivity index (χ3v) is 14.9. The Hall–Kier alpha value is -4.32. The fraction of sp³-hybridized carbons (Fsp3) is 0.873. The van der Waals surface area contributed by atoms with Crippen LogP contribution < -0.4 is 5.48 Å². The third kappa shape index (κ3) is 35.4. The van der Waals surface area contributed by atoms with Crippen LogP contribution in [0.5, 0.6) is 0 Å². The van der Waals surface area contributed by atoms with Gasteiger partial charge in [0.2, 0.25) is 0 Å². The number of hydrogen-bond acceptors (Lipinski definition) is 14. The molecule has 0 radical (unpaired) electrons. The zero-order valence-electron chi connectivity index (χ0n) is 45.9. The van der Waals surface area contributed by atoms with E-state index in [1.807, 2.05) is 62.3 Å². The predicted octanol–water partition coefficient (Wildman–Crippen LogP) is 15.9. The van der Waals surface area contributed by atoms with Crippen LogP contribution in [0, 0.1) is 44.8 Å². The second-order valence-corrected chi connectivity index (χ2v) is 23.1. The van der Waals surface area contributed by atoms with Crippen molar-refractivity contribution >= 4 is 47.8 Å². The molecule has 4 bridgehead atoms. The largest absolute Gasteiger partial charge is 0.481 e. The van der Waals surface area contributed by atoms with Crippen molar-refractivity contribution in [2.45, 2.75) is 305 Å². The lowest BCUT2D eigenvalue weighted by molar-refractivity contribution is -0.225. The van der Waals surface area contributed by atoms with Crippen molar-refractivity contribution in [3.63, 3.8) is 0 Å². The van der Waals surface area contributed by atoms with Crippen molar-refractivity contribution in [3.05, 3.63) is 0 Å². The molecule has 492 valence electrons. The molecule has 6 N–H and O–H groups in total. The molecule has 4 atom stereocenters. The minimum atomic E-state index is -0.956. The zero-order valence-corrected chi connectivity index (χ0v) is 45.9. The normalized spacial score (nSPS) is 20.5. The number of carboxylic acids is 4. The van der Waals surface area contributed by atoms with E-state index >= 15 is 0 Å². The van der Waals surface area contributed by atoms with E-state index in [4.69, 9.17) is 39.5 Å². The predicted molar refractivity (Wildman–Crippen MR) is 333 cm³/mol. The molecule has 5 aliphatic rings. The van der Waals surface area contributed by atoms with Crippen molar-refractivity contribution in [1.29, 1.82) is 0 Å². The number of ether oxygens (including phenoxy) is 3. The summed E-state index contributed by atoms with van der Waals surface area (Å²) in [5.74, 6) is -3.93. The molecule has 0 aromatic heterocycles. The molecule has 5 fully saturated rings. The highest BCUT2D eigenvalue weighted by atomic mass is 16.7. The fourth-order valence-electron chi connectivity index (χ4n) is 7.97. The molecule has 0 spiro atoms. The second kappa shape index (κ2) is 44.2. The molecular weight excluding hydrogens is 1040 g/mol. The number of hydroxylamine groups is 1. The van der Waals surface area contributed by atoms with Gasteiger partial charge in [-0.25, -0.2) is 4.79 Å². The number of carboxylic acid groups (broad SMARTS) is 4. The molecule has 5 aliphatic carbocycles. The zero-order chi connectivity index (χ0) is 55.4. The number of aliphatic hydroxyl groups is 1. The second-order valence-electron chi connectivity index (χ2n) is 23.1. The Morgan fingerprint density at radius 3 is 1.25 bits per heavy atom. The molecule has 5 saturated carbocycles. The standard InChI is InChI=1S/C16H26O3.C13H22O4.C9H17NO4.C9H16O4.C6H12O2.10CH4/c1-4-14(2,3)13(17)19-16-8-11-5-12(9-16)7-15(18,6-11)10-16;1-4-13(2,3)12(16)17-10-8-6-5-7-9(10)11(14)15;1-4-9(2,3)8(13)14-10-6-5-7(11)12;1-4-9(2,3)8(12)13-6-5-7(10)11;1-4-6(2,3)5(7)8;;;;;;;;;;/h11-12,18H,4-10H2,1-3H3;9-10H,4-8H2,1-3H3,(H,14,15);10H,4-6H2,1-3H3,(H,11,12);4-6H2,1-3H3,(H,10,11);4H2,1-3H3,(H,7,8);10*1H4. The lowest BCUT2D eigenvalue weighted by Gasteiger charge is -2.59. The highest BCUT2D eigenvalue weighted by molar-refractivity contribution is 5.78. The maximum Gasteiger partial charge on any atom is 0.330 e. The van der Waals surface area contributed by atoms with Gasteiger partial charge in [-0.2, -0.15) is 5.48 Å². The third-order valence-electron chi connectivity index (χ3n) is 14.9. The first kappa shape index (κ1) is 102. The van der Waals surface area contributed by atoms with Crippen LogP contribution in [-0.2, 0) is 57.4 Å². The summed E-state index contributed by atoms with van der Waals surface area (Å²) in [5, 5.41) is 44.8. The number of aliphatic carboxylic acids is 4. The molecule has 0 aromatic rings. The van der Waals surface area contributed by atoms with Crippen LogP contribution in [0.3, 0.4) is 0 Å². The van der Waals surface area contributed by atoms with Crippen molar-refractivity contribution < 1.29 is 82.9 Å². The minimum absolute atomic E-state index is 0. The number of carbonyl (C=O) groups excluding carboxylic acids is 4. The summed E-state index contributed by atoms with van der Waals surface area (Å²) in [7, 11) is 0. The first-order valence-corrected chi connectivity index (χ1v) is 25.6. The van der Waals surface area contributed by atoms with Crippen molar-refractivity contribution in [3.8, 4) is 0 Å². The van der Waals surface area contributed by atoms with Gasteiger partial charge in [0, 0.05) is 13.0 Å². The van der Waals surface area contributed by atoms with Gasteiger partial charge in [0.15, 0.2) is 0 Å². The minimum Gasteiger partial charge on any atom is -0.481 e. The summed E-state index contributed by atoms with van der Waals surface area (Å²) < 4.78 is 16.2. The molecule has 0 saturated heterocycles. The molecule has 81 heavy (non-hydrogen) atoms. The van der Waals surface area contributed by atoms with E-state index in [1.165, 1.54) is 6.42 Å². The van der Waals surface area contributed by atoms with E-state index in [0.717, 1.165) is 44.9 Å². The summed E-state index contributed by atoms with van der Waals surface area (Å²) in [6.07, 6.45) is 11.7. The lowest BCUT2D eigenvalue weighted by atomic mass is 9.52. The Bertz CT molecular complexity index is 1760. The smallest absolute Gasteiger partial charge is 0.330 e. The van der Waals surface area contributed by atoms with Crippen LogP contribution in [0.25, 0.3) is 0 Å². The van der Waals surface area contributed by atoms with Crippen LogP contribution in [0.4, 0.5) is 0 Å². The summed E-state index contributed by atoms with van der Waals surface area (Å²) in [5.41, 5.74) is -1.11. The molecular formula is C63H133NO17. The Balaban J connectivity index is -0.0000000833. The van der Waals surface area contributed by atoms with Crippen molar-refractivity contribution in [1.82, 2.24) is 5.48 Å². The lowest BCUT2D eigenvalue weighted by Crippen LogP contribution is -2.61. The van der Waals surface area contributed by atoms with Crippen molar-refractivity contribution in [2.75, 3.05) is 13.2 Å². The average Bonchev–Trinajstić information content (AvgIpc) is 3.27. The van der Waals surface area contributed by atoms with E-state index in [0.29, 0.717) is 56.8 Å². The number of rotatable bonds is 20. The highest BCUT2D eigenvalue weighted by Crippen LogP contribution is 2.59. The van der Waals surface area contributed by atoms with Crippen LogP contribution in [0.2, 0.25) is 0 Å². The summed E-state index contributed by atoms with van der Waals surface area (Å²) in [4.78, 5) is 93.1. The van der Waals surface area contributed by atoms with Gasteiger partial charge in [-0.3, -0.25) is 33.6 Å². The van der Waals surface area contributed by atoms with E-state index in [-0.39, 0.29) is 130 Å². The molecule has 0 heterocycles.